The van der Waals surface area contributed by atoms with E-state index in [-0.39, 0.29) is 0 Å². The second-order valence-corrected chi connectivity index (χ2v) is 3.58. The summed E-state index contributed by atoms with van der Waals surface area (Å²) < 4.78 is 10.8. The lowest BCUT2D eigenvalue weighted by Crippen LogP contribution is -2.26. The first-order valence-electron chi connectivity index (χ1n) is 5.67. The van der Waals surface area contributed by atoms with E-state index in [1.54, 1.807) is 0 Å². The minimum absolute atomic E-state index is 0.521. The van der Waals surface area contributed by atoms with Gasteiger partial charge in [-0.3, -0.25) is 0 Å². The molecule has 0 amide bonds. The largest absolute Gasteiger partial charge is 0.383 e. The number of benzene rings is 1. The maximum Gasteiger partial charge on any atom is 0.187 e. The summed E-state index contributed by atoms with van der Waals surface area (Å²) in [5.74, 6) is 0. The van der Waals surface area contributed by atoms with Crippen molar-refractivity contribution in [2.75, 3.05) is 13.2 Å². The van der Waals surface area contributed by atoms with Crippen molar-refractivity contribution in [3.05, 3.63) is 35.4 Å². The Labute approximate surface area is 97.0 Å². The monoisotopic (exact) mass is 224 g/mol. The molecular weight excluding hydrogens is 204 g/mol. The molecule has 0 aliphatic carbocycles. The molecule has 0 aliphatic heterocycles. The van der Waals surface area contributed by atoms with Gasteiger partial charge in [-0.1, -0.05) is 24.3 Å². The van der Waals surface area contributed by atoms with Crippen LogP contribution in [0.3, 0.4) is 0 Å². The highest BCUT2D eigenvalue weighted by molar-refractivity contribution is 5.27. The van der Waals surface area contributed by atoms with Gasteiger partial charge in [0.05, 0.1) is 0 Å². The van der Waals surface area contributed by atoms with Gasteiger partial charge in [0.15, 0.2) is 6.29 Å². The van der Waals surface area contributed by atoms with Crippen LogP contribution in [-0.4, -0.2) is 24.6 Å². The lowest BCUT2D eigenvalue weighted by Gasteiger charge is -2.23. The molecule has 0 heterocycles. The van der Waals surface area contributed by atoms with Gasteiger partial charge in [0.2, 0.25) is 0 Å². The minimum atomic E-state index is -0.735. The quantitative estimate of drug-likeness (QED) is 0.754. The Morgan fingerprint density at radius 3 is 2.19 bits per heavy atom. The van der Waals surface area contributed by atoms with E-state index in [2.05, 4.69) is 0 Å². The van der Waals surface area contributed by atoms with Crippen LogP contribution in [0.2, 0.25) is 0 Å². The summed E-state index contributed by atoms with van der Waals surface area (Å²) in [5.41, 5.74) is 1.90. The van der Waals surface area contributed by atoms with Crippen LogP contribution >= 0.6 is 0 Å². The molecule has 90 valence electrons. The number of aliphatic hydroxyl groups is 1. The average molecular weight is 224 g/mol. The van der Waals surface area contributed by atoms with Crippen molar-refractivity contribution in [2.24, 2.45) is 0 Å². The van der Waals surface area contributed by atoms with E-state index < -0.39 is 12.4 Å². The zero-order chi connectivity index (χ0) is 12.0. The van der Waals surface area contributed by atoms with Crippen LogP contribution in [0.15, 0.2) is 24.3 Å². The van der Waals surface area contributed by atoms with E-state index in [1.807, 2.05) is 45.0 Å². The molecule has 0 aromatic heterocycles. The van der Waals surface area contributed by atoms with Gasteiger partial charge in [0.1, 0.15) is 6.10 Å². The third kappa shape index (κ3) is 3.30. The molecule has 0 radical (unpaired) electrons. The molecular formula is C13H20O3. The molecule has 0 fully saturated rings. The van der Waals surface area contributed by atoms with Crippen molar-refractivity contribution in [3.8, 4) is 0 Å². The van der Waals surface area contributed by atoms with Crippen molar-refractivity contribution in [2.45, 2.75) is 33.2 Å². The fourth-order valence-corrected chi connectivity index (χ4v) is 1.62. The zero-order valence-electron chi connectivity index (χ0n) is 10.1. The molecule has 1 N–H and O–H groups in total. The van der Waals surface area contributed by atoms with Crippen LogP contribution in [-0.2, 0) is 9.47 Å². The molecule has 3 nitrogen and oxygen atoms in total. The highest BCUT2D eigenvalue weighted by Gasteiger charge is 2.22. The first-order chi connectivity index (χ1) is 7.70. The van der Waals surface area contributed by atoms with Crippen LogP contribution < -0.4 is 0 Å². The number of aliphatic hydroxyl groups excluding tert-OH is 1. The van der Waals surface area contributed by atoms with Crippen molar-refractivity contribution in [1.82, 2.24) is 0 Å². The first-order valence-corrected chi connectivity index (χ1v) is 5.67. The molecule has 0 aliphatic rings. The molecule has 16 heavy (non-hydrogen) atoms. The van der Waals surface area contributed by atoms with Crippen molar-refractivity contribution in [1.29, 1.82) is 0 Å². The fraction of sp³-hybridized carbons (Fsp3) is 0.538. The standard InChI is InChI=1S/C13H20O3/c1-4-15-13(16-5-2)12(14)11-9-7-6-8-10(11)3/h6-9,12-14H,4-5H2,1-3H3/t12-/m1/s1. The van der Waals surface area contributed by atoms with Crippen LogP contribution in [0.4, 0.5) is 0 Å². The van der Waals surface area contributed by atoms with Gasteiger partial charge < -0.3 is 14.6 Å². The molecule has 1 aromatic carbocycles. The Morgan fingerprint density at radius 2 is 1.69 bits per heavy atom. The number of aryl methyl sites for hydroxylation is 1. The number of hydrogen-bond donors (Lipinski definition) is 1. The van der Waals surface area contributed by atoms with Gasteiger partial charge in [-0.2, -0.15) is 0 Å². The van der Waals surface area contributed by atoms with Crippen molar-refractivity contribution < 1.29 is 14.6 Å². The summed E-state index contributed by atoms with van der Waals surface area (Å²) in [7, 11) is 0. The van der Waals surface area contributed by atoms with E-state index in [0.717, 1.165) is 11.1 Å². The summed E-state index contributed by atoms with van der Waals surface area (Å²) >= 11 is 0. The van der Waals surface area contributed by atoms with Crippen molar-refractivity contribution in [3.63, 3.8) is 0 Å². The minimum Gasteiger partial charge on any atom is -0.383 e. The zero-order valence-corrected chi connectivity index (χ0v) is 10.1. The van der Waals surface area contributed by atoms with Crippen molar-refractivity contribution >= 4 is 0 Å². The van der Waals surface area contributed by atoms with Crippen LogP contribution in [0, 0.1) is 6.92 Å². The van der Waals surface area contributed by atoms with E-state index in [0.29, 0.717) is 13.2 Å². The maximum atomic E-state index is 10.2. The average Bonchev–Trinajstić information content (AvgIpc) is 2.28. The molecule has 0 unspecified atom stereocenters. The van der Waals surface area contributed by atoms with E-state index in [4.69, 9.17) is 9.47 Å². The number of hydrogen-bond acceptors (Lipinski definition) is 3. The summed E-state index contributed by atoms with van der Waals surface area (Å²) in [5, 5.41) is 10.2. The van der Waals surface area contributed by atoms with Gasteiger partial charge in [0, 0.05) is 13.2 Å². The second kappa shape index (κ2) is 6.63. The highest BCUT2D eigenvalue weighted by Crippen LogP contribution is 2.23. The van der Waals surface area contributed by atoms with Crippen LogP contribution in [0.1, 0.15) is 31.1 Å². The number of rotatable bonds is 6. The summed E-state index contributed by atoms with van der Waals surface area (Å²) in [6.45, 7) is 6.78. The molecule has 3 heteroatoms. The lowest BCUT2D eigenvalue weighted by molar-refractivity contribution is -0.191. The van der Waals surface area contributed by atoms with E-state index in [1.165, 1.54) is 0 Å². The predicted molar refractivity (Wildman–Crippen MR) is 63.2 cm³/mol. The van der Waals surface area contributed by atoms with Crippen LogP contribution in [0.25, 0.3) is 0 Å². The molecule has 0 saturated heterocycles. The summed E-state index contributed by atoms with van der Waals surface area (Å²) in [4.78, 5) is 0. The van der Waals surface area contributed by atoms with Gasteiger partial charge in [-0.25, -0.2) is 0 Å². The molecule has 1 aromatic rings. The maximum absolute atomic E-state index is 10.2. The van der Waals surface area contributed by atoms with E-state index >= 15 is 0 Å². The van der Waals surface area contributed by atoms with Gasteiger partial charge in [-0.15, -0.1) is 0 Å². The third-order valence-electron chi connectivity index (χ3n) is 2.43. The molecule has 1 atom stereocenters. The van der Waals surface area contributed by atoms with Gasteiger partial charge in [0.25, 0.3) is 0 Å². The second-order valence-electron chi connectivity index (χ2n) is 3.58. The Kier molecular flexibility index (Phi) is 5.46. The highest BCUT2D eigenvalue weighted by atomic mass is 16.7. The Balaban J connectivity index is 2.81. The third-order valence-corrected chi connectivity index (χ3v) is 2.43. The molecule has 0 spiro atoms. The Bertz CT molecular complexity index is 306. The number of ether oxygens (including phenoxy) is 2. The fourth-order valence-electron chi connectivity index (χ4n) is 1.62. The summed E-state index contributed by atoms with van der Waals surface area (Å²) in [6, 6.07) is 7.71. The first kappa shape index (κ1) is 13.2. The topological polar surface area (TPSA) is 38.7 Å². The predicted octanol–water partition coefficient (Wildman–Crippen LogP) is 2.43. The summed E-state index contributed by atoms with van der Waals surface area (Å²) in [6.07, 6.45) is -1.32. The Morgan fingerprint density at radius 1 is 1.12 bits per heavy atom. The molecule has 0 bridgehead atoms. The molecule has 1 rings (SSSR count). The van der Waals surface area contributed by atoms with Crippen LogP contribution in [0.5, 0.6) is 0 Å². The molecule has 0 saturated carbocycles. The normalized spacial score (nSPS) is 13.1. The van der Waals surface area contributed by atoms with Gasteiger partial charge in [-0.05, 0) is 31.9 Å². The Hall–Kier alpha value is -0.900. The smallest absolute Gasteiger partial charge is 0.187 e. The van der Waals surface area contributed by atoms with E-state index in [9.17, 15) is 5.11 Å². The SMILES string of the molecule is CCOC(OCC)[C@H](O)c1ccccc1C. The van der Waals surface area contributed by atoms with Gasteiger partial charge >= 0.3 is 0 Å². The lowest BCUT2D eigenvalue weighted by atomic mass is 10.0.